The summed E-state index contributed by atoms with van der Waals surface area (Å²) in [6.45, 7) is 6.18. The summed E-state index contributed by atoms with van der Waals surface area (Å²) in [4.78, 5) is 0.0533. The van der Waals surface area contributed by atoms with Crippen molar-refractivity contribution < 1.29 is 8.42 Å². The van der Waals surface area contributed by atoms with E-state index >= 15 is 0 Å². The summed E-state index contributed by atoms with van der Waals surface area (Å²) >= 11 is 5.86. The maximum atomic E-state index is 12.0. The summed E-state index contributed by atoms with van der Waals surface area (Å²) in [6.07, 6.45) is 0. The standard InChI is InChI=1S/C11H17ClN2O2S/c1-11(2,3)7-14-17(15,16)10-5-4-8(13)6-9(10)12/h4-6,14H,7,13H2,1-3H3. The highest BCUT2D eigenvalue weighted by molar-refractivity contribution is 7.89. The Morgan fingerprint density at radius 3 is 2.41 bits per heavy atom. The summed E-state index contributed by atoms with van der Waals surface area (Å²) in [5, 5.41) is 0.131. The average Bonchev–Trinajstić information content (AvgIpc) is 2.13. The van der Waals surface area contributed by atoms with Gasteiger partial charge in [0.05, 0.1) is 5.02 Å². The van der Waals surface area contributed by atoms with Gasteiger partial charge in [-0.2, -0.15) is 0 Å². The molecule has 96 valence electrons. The molecule has 0 amide bonds. The van der Waals surface area contributed by atoms with Crippen LogP contribution in [0.1, 0.15) is 20.8 Å². The number of nitrogen functional groups attached to an aromatic ring is 1. The number of halogens is 1. The SMILES string of the molecule is CC(C)(C)CNS(=O)(=O)c1ccc(N)cc1Cl. The molecule has 1 aromatic rings. The van der Waals surface area contributed by atoms with Crippen LogP contribution in [-0.4, -0.2) is 15.0 Å². The summed E-state index contributed by atoms with van der Waals surface area (Å²) in [5.41, 5.74) is 5.82. The quantitative estimate of drug-likeness (QED) is 0.832. The lowest BCUT2D eigenvalue weighted by atomic mass is 9.98. The van der Waals surface area contributed by atoms with Crippen LogP contribution in [0.3, 0.4) is 0 Å². The van der Waals surface area contributed by atoms with Crippen LogP contribution >= 0.6 is 11.6 Å². The monoisotopic (exact) mass is 276 g/mol. The van der Waals surface area contributed by atoms with E-state index in [1.54, 1.807) is 0 Å². The number of benzene rings is 1. The van der Waals surface area contributed by atoms with Gasteiger partial charge in [-0.15, -0.1) is 0 Å². The molecule has 0 spiro atoms. The van der Waals surface area contributed by atoms with Crippen molar-refractivity contribution in [3.8, 4) is 0 Å². The minimum atomic E-state index is -3.58. The van der Waals surface area contributed by atoms with Crippen molar-refractivity contribution in [2.24, 2.45) is 5.41 Å². The molecule has 0 aromatic heterocycles. The normalized spacial score (nSPS) is 12.7. The van der Waals surface area contributed by atoms with Crippen molar-refractivity contribution in [2.45, 2.75) is 25.7 Å². The highest BCUT2D eigenvalue weighted by atomic mass is 35.5. The maximum absolute atomic E-state index is 12.0. The van der Waals surface area contributed by atoms with E-state index < -0.39 is 10.0 Å². The minimum Gasteiger partial charge on any atom is -0.399 e. The van der Waals surface area contributed by atoms with Gasteiger partial charge >= 0.3 is 0 Å². The number of nitrogens with two attached hydrogens (primary N) is 1. The third-order valence-electron chi connectivity index (χ3n) is 2.04. The van der Waals surface area contributed by atoms with Gasteiger partial charge in [0.1, 0.15) is 4.90 Å². The first-order valence-corrected chi connectivity index (χ1v) is 7.03. The number of anilines is 1. The van der Waals surface area contributed by atoms with Crippen LogP contribution in [-0.2, 0) is 10.0 Å². The van der Waals surface area contributed by atoms with Crippen LogP contribution < -0.4 is 10.5 Å². The van der Waals surface area contributed by atoms with Crippen LogP contribution in [0, 0.1) is 5.41 Å². The van der Waals surface area contributed by atoms with Crippen LogP contribution in [0.15, 0.2) is 23.1 Å². The van der Waals surface area contributed by atoms with E-state index in [1.165, 1.54) is 18.2 Å². The molecule has 0 heterocycles. The van der Waals surface area contributed by atoms with Crippen molar-refractivity contribution >= 4 is 27.3 Å². The zero-order valence-corrected chi connectivity index (χ0v) is 11.7. The zero-order chi connectivity index (χ0) is 13.3. The van der Waals surface area contributed by atoms with E-state index in [4.69, 9.17) is 17.3 Å². The second kappa shape index (κ2) is 4.84. The topological polar surface area (TPSA) is 72.2 Å². The molecule has 0 aliphatic rings. The zero-order valence-electron chi connectivity index (χ0n) is 10.1. The fraction of sp³-hybridized carbons (Fsp3) is 0.455. The van der Waals surface area contributed by atoms with Crippen LogP contribution in [0.2, 0.25) is 5.02 Å². The molecule has 3 N–H and O–H groups in total. The molecule has 0 atom stereocenters. The highest BCUT2D eigenvalue weighted by Crippen LogP contribution is 2.24. The molecule has 1 rings (SSSR count). The third-order valence-corrected chi connectivity index (χ3v) is 3.92. The predicted octanol–water partition coefficient (Wildman–Crippen LogP) is 2.25. The van der Waals surface area contributed by atoms with Crippen LogP contribution in [0.4, 0.5) is 5.69 Å². The summed E-state index contributed by atoms with van der Waals surface area (Å²) in [5.74, 6) is 0. The Balaban J connectivity index is 2.98. The van der Waals surface area contributed by atoms with E-state index in [1.807, 2.05) is 20.8 Å². The minimum absolute atomic E-state index is 0.0533. The molecule has 0 saturated carbocycles. The number of sulfonamides is 1. The largest absolute Gasteiger partial charge is 0.399 e. The van der Waals surface area contributed by atoms with Crippen molar-refractivity contribution in [1.82, 2.24) is 4.72 Å². The molecular weight excluding hydrogens is 260 g/mol. The van der Waals surface area contributed by atoms with E-state index in [0.717, 1.165) is 0 Å². The Bertz CT molecular complexity index is 507. The average molecular weight is 277 g/mol. The molecular formula is C11H17ClN2O2S. The number of hydrogen-bond acceptors (Lipinski definition) is 3. The van der Waals surface area contributed by atoms with Crippen molar-refractivity contribution in [3.05, 3.63) is 23.2 Å². The lowest BCUT2D eigenvalue weighted by Crippen LogP contribution is -2.32. The molecule has 6 heteroatoms. The van der Waals surface area contributed by atoms with Crippen molar-refractivity contribution in [3.63, 3.8) is 0 Å². The smallest absolute Gasteiger partial charge is 0.242 e. The fourth-order valence-corrected chi connectivity index (χ4v) is 2.96. The van der Waals surface area contributed by atoms with Gasteiger partial charge in [0.15, 0.2) is 0 Å². The molecule has 0 fully saturated rings. The molecule has 0 unspecified atom stereocenters. The summed E-state index contributed by atoms with van der Waals surface area (Å²) < 4.78 is 26.5. The van der Waals surface area contributed by atoms with Gasteiger partial charge in [-0.25, -0.2) is 13.1 Å². The van der Waals surface area contributed by atoms with Gasteiger partial charge in [0.25, 0.3) is 0 Å². The van der Waals surface area contributed by atoms with Gasteiger partial charge in [-0.3, -0.25) is 0 Å². The van der Waals surface area contributed by atoms with E-state index in [0.29, 0.717) is 12.2 Å². The van der Waals surface area contributed by atoms with Crippen LogP contribution in [0.25, 0.3) is 0 Å². The summed E-state index contributed by atoms with van der Waals surface area (Å²) in [7, 11) is -3.58. The lowest BCUT2D eigenvalue weighted by Gasteiger charge is -2.19. The van der Waals surface area contributed by atoms with Gasteiger partial charge in [0, 0.05) is 12.2 Å². The van der Waals surface area contributed by atoms with E-state index in [9.17, 15) is 8.42 Å². The molecule has 1 aromatic carbocycles. The predicted molar refractivity (Wildman–Crippen MR) is 70.5 cm³/mol. The van der Waals surface area contributed by atoms with Crippen molar-refractivity contribution in [1.29, 1.82) is 0 Å². The Kier molecular flexibility index (Phi) is 4.06. The maximum Gasteiger partial charge on any atom is 0.242 e. The lowest BCUT2D eigenvalue weighted by molar-refractivity contribution is 0.407. The van der Waals surface area contributed by atoms with Gasteiger partial charge in [-0.05, 0) is 23.6 Å². The molecule has 4 nitrogen and oxygen atoms in total. The number of rotatable bonds is 3. The third kappa shape index (κ3) is 4.18. The van der Waals surface area contributed by atoms with Gasteiger partial charge in [0.2, 0.25) is 10.0 Å². The first-order valence-electron chi connectivity index (χ1n) is 5.16. The Labute approximate surface area is 107 Å². The Hall–Kier alpha value is -0.780. The van der Waals surface area contributed by atoms with E-state index in [-0.39, 0.29) is 15.3 Å². The van der Waals surface area contributed by atoms with E-state index in [2.05, 4.69) is 4.72 Å². The first kappa shape index (κ1) is 14.3. The Morgan fingerprint density at radius 1 is 1.35 bits per heavy atom. The molecule has 0 radical (unpaired) electrons. The molecule has 0 aliphatic carbocycles. The second-order valence-electron chi connectivity index (χ2n) is 5.08. The first-order chi connectivity index (χ1) is 7.62. The molecule has 0 saturated heterocycles. The molecule has 17 heavy (non-hydrogen) atoms. The van der Waals surface area contributed by atoms with Crippen LogP contribution in [0.5, 0.6) is 0 Å². The Morgan fingerprint density at radius 2 is 1.94 bits per heavy atom. The fourth-order valence-electron chi connectivity index (χ4n) is 1.12. The summed E-state index contributed by atoms with van der Waals surface area (Å²) in [6, 6.07) is 4.34. The van der Waals surface area contributed by atoms with Crippen molar-refractivity contribution in [2.75, 3.05) is 12.3 Å². The second-order valence-corrected chi connectivity index (χ2v) is 7.22. The number of nitrogens with one attached hydrogen (secondary N) is 1. The molecule has 0 bridgehead atoms. The number of hydrogen-bond donors (Lipinski definition) is 2. The highest BCUT2D eigenvalue weighted by Gasteiger charge is 2.20. The molecule has 0 aliphatic heterocycles. The van der Waals surface area contributed by atoms with Gasteiger partial charge < -0.3 is 5.73 Å². The van der Waals surface area contributed by atoms with Gasteiger partial charge in [-0.1, -0.05) is 32.4 Å².